The fraction of sp³-hybridized carbons (Fsp3) is 0.533. The van der Waals surface area contributed by atoms with Crippen LogP contribution < -0.4 is 0 Å². The average Bonchev–Trinajstić information content (AvgIpc) is 2.83. The Balaban J connectivity index is 2.18. The largest absolute Gasteiger partial charge is 0.478 e. The zero-order chi connectivity index (χ0) is 15.0. The van der Waals surface area contributed by atoms with Crippen LogP contribution in [0.1, 0.15) is 42.6 Å². The number of hydrogen-bond acceptors (Lipinski definition) is 4. The minimum Gasteiger partial charge on any atom is -0.478 e. The number of aromatic carboxylic acids is 1. The summed E-state index contributed by atoms with van der Waals surface area (Å²) in [6.07, 6.45) is 0.919. The van der Waals surface area contributed by atoms with Crippen molar-refractivity contribution in [3.05, 3.63) is 35.4 Å². The molecule has 0 aliphatic carbocycles. The van der Waals surface area contributed by atoms with Gasteiger partial charge in [-0.1, -0.05) is 12.1 Å². The van der Waals surface area contributed by atoms with E-state index in [1.165, 1.54) is 0 Å². The first-order chi connectivity index (χ1) is 9.28. The van der Waals surface area contributed by atoms with Gasteiger partial charge < -0.3 is 20.1 Å². The summed E-state index contributed by atoms with van der Waals surface area (Å²) in [7, 11) is 0. The topological polar surface area (TPSA) is 87.0 Å². The van der Waals surface area contributed by atoms with Crippen LogP contribution in [-0.4, -0.2) is 39.6 Å². The Kier molecular flexibility index (Phi) is 3.86. The summed E-state index contributed by atoms with van der Waals surface area (Å²) in [5.74, 6) is -0.963. The lowest BCUT2D eigenvalue weighted by atomic mass is 9.91. The van der Waals surface area contributed by atoms with Crippen LogP contribution >= 0.6 is 0 Å². The lowest BCUT2D eigenvalue weighted by molar-refractivity contribution is -0.142. The van der Waals surface area contributed by atoms with E-state index in [-0.39, 0.29) is 12.2 Å². The zero-order valence-electron chi connectivity index (χ0n) is 11.7. The van der Waals surface area contributed by atoms with Gasteiger partial charge >= 0.3 is 5.97 Å². The Morgan fingerprint density at radius 2 is 2.05 bits per heavy atom. The van der Waals surface area contributed by atoms with E-state index in [1.54, 1.807) is 31.2 Å². The van der Waals surface area contributed by atoms with E-state index in [1.807, 2.05) is 6.92 Å². The van der Waals surface area contributed by atoms with Gasteiger partial charge in [-0.2, -0.15) is 0 Å². The van der Waals surface area contributed by atoms with Gasteiger partial charge in [0.1, 0.15) is 5.60 Å². The van der Waals surface area contributed by atoms with Gasteiger partial charge in [0.15, 0.2) is 0 Å². The van der Waals surface area contributed by atoms with E-state index >= 15 is 0 Å². The molecular weight excluding hydrogens is 260 g/mol. The lowest BCUT2D eigenvalue weighted by Gasteiger charge is -2.31. The van der Waals surface area contributed by atoms with Crippen molar-refractivity contribution in [2.45, 2.75) is 44.0 Å². The predicted octanol–water partition coefficient (Wildman–Crippen LogP) is 1.52. The van der Waals surface area contributed by atoms with Gasteiger partial charge in [-0.3, -0.25) is 0 Å². The average molecular weight is 280 g/mol. The van der Waals surface area contributed by atoms with Crippen molar-refractivity contribution in [3.8, 4) is 0 Å². The monoisotopic (exact) mass is 280 g/mol. The van der Waals surface area contributed by atoms with Crippen LogP contribution in [0.2, 0.25) is 0 Å². The van der Waals surface area contributed by atoms with Crippen molar-refractivity contribution in [1.29, 1.82) is 0 Å². The summed E-state index contributed by atoms with van der Waals surface area (Å²) < 4.78 is 5.93. The molecule has 1 aliphatic rings. The third-order valence-electron chi connectivity index (χ3n) is 4.04. The highest BCUT2D eigenvalue weighted by Crippen LogP contribution is 2.42. The van der Waals surface area contributed by atoms with Gasteiger partial charge in [0, 0.05) is 0 Å². The van der Waals surface area contributed by atoms with Crippen LogP contribution in [0.3, 0.4) is 0 Å². The minimum absolute atomic E-state index is 0.231. The first-order valence-electron chi connectivity index (χ1n) is 6.63. The summed E-state index contributed by atoms with van der Waals surface area (Å²) in [4.78, 5) is 10.8. The Hall–Kier alpha value is -1.43. The smallest absolute Gasteiger partial charge is 0.335 e. The maximum absolute atomic E-state index is 10.8. The van der Waals surface area contributed by atoms with Crippen molar-refractivity contribution in [2.24, 2.45) is 0 Å². The molecule has 1 aliphatic heterocycles. The fourth-order valence-electron chi connectivity index (χ4n) is 2.56. The second kappa shape index (κ2) is 5.16. The van der Waals surface area contributed by atoms with Gasteiger partial charge in [-0.25, -0.2) is 4.79 Å². The van der Waals surface area contributed by atoms with Gasteiger partial charge in [0.2, 0.25) is 0 Å². The molecule has 0 aromatic heterocycles. The van der Waals surface area contributed by atoms with Crippen LogP contribution in [0.15, 0.2) is 24.3 Å². The van der Waals surface area contributed by atoms with Crippen molar-refractivity contribution in [3.63, 3.8) is 0 Å². The first-order valence-corrected chi connectivity index (χ1v) is 6.63. The van der Waals surface area contributed by atoms with Crippen molar-refractivity contribution >= 4 is 5.97 Å². The number of carboxylic acids is 1. The molecule has 1 fully saturated rings. The number of rotatable bonds is 4. The predicted molar refractivity (Wildman–Crippen MR) is 72.6 cm³/mol. The first kappa shape index (κ1) is 15.0. The third kappa shape index (κ3) is 2.70. The molecule has 1 aromatic rings. The highest BCUT2D eigenvalue weighted by atomic mass is 16.5. The molecular formula is C15H20O5. The van der Waals surface area contributed by atoms with E-state index in [2.05, 4.69) is 0 Å². The molecule has 20 heavy (non-hydrogen) atoms. The van der Waals surface area contributed by atoms with Crippen LogP contribution in [0.25, 0.3) is 0 Å². The number of aliphatic hydroxyl groups excluding tert-OH is 1. The highest BCUT2D eigenvalue weighted by Gasteiger charge is 2.45. The molecule has 110 valence electrons. The third-order valence-corrected chi connectivity index (χ3v) is 4.04. The molecule has 5 heteroatoms. The second-order valence-corrected chi connectivity index (χ2v) is 5.77. The molecule has 5 nitrogen and oxygen atoms in total. The van der Waals surface area contributed by atoms with Gasteiger partial charge in [-0.15, -0.1) is 0 Å². The molecule has 3 N–H and O–H groups in total. The minimum atomic E-state index is -1.27. The second-order valence-electron chi connectivity index (χ2n) is 5.77. The van der Waals surface area contributed by atoms with Gasteiger partial charge in [0.25, 0.3) is 0 Å². The van der Waals surface area contributed by atoms with E-state index in [0.717, 1.165) is 5.56 Å². The summed E-state index contributed by atoms with van der Waals surface area (Å²) in [6, 6.07) is 6.56. The molecule has 1 aromatic carbocycles. The normalized spacial score (nSPS) is 29.1. The molecule has 0 bridgehead atoms. The maximum Gasteiger partial charge on any atom is 0.335 e. The highest BCUT2D eigenvalue weighted by molar-refractivity contribution is 5.87. The van der Waals surface area contributed by atoms with Crippen molar-refractivity contribution < 1.29 is 24.9 Å². The number of ether oxygens (including phenoxy) is 1. The van der Waals surface area contributed by atoms with E-state index < -0.39 is 23.3 Å². The number of hydrogen-bond donors (Lipinski definition) is 3. The van der Waals surface area contributed by atoms with E-state index in [9.17, 15) is 15.0 Å². The lowest BCUT2D eigenvalue weighted by Crippen LogP contribution is -2.43. The van der Waals surface area contributed by atoms with Crippen LogP contribution in [0.5, 0.6) is 0 Å². The Morgan fingerprint density at radius 1 is 1.45 bits per heavy atom. The molecule has 0 amide bonds. The Bertz CT molecular complexity index is 493. The summed E-state index contributed by atoms with van der Waals surface area (Å²) in [5.41, 5.74) is -0.729. The number of carboxylic acid groups (broad SMARTS) is 1. The quantitative estimate of drug-likeness (QED) is 0.778. The standard InChI is InChI=1S/C15H20O5/c1-14(19,9-16)12-7-8-15(2,20-12)11-5-3-10(4-6-11)13(17)18/h3-6,12,16,19H,7-9H2,1-2H3,(H,17,18). The molecule has 3 atom stereocenters. The number of benzene rings is 1. The summed E-state index contributed by atoms with van der Waals surface area (Å²) in [6.45, 7) is 3.11. The summed E-state index contributed by atoms with van der Waals surface area (Å²) >= 11 is 0. The van der Waals surface area contributed by atoms with Crippen molar-refractivity contribution in [2.75, 3.05) is 6.61 Å². The van der Waals surface area contributed by atoms with Gasteiger partial charge in [0.05, 0.1) is 23.9 Å². The van der Waals surface area contributed by atoms with Crippen LogP contribution in [0.4, 0.5) is 0 Å². The van der Waals surface area contributed by atoms with E-state index in [4.69, 9.17) is 9.84 Å². The fourth-order valence-corrected chi connectivity index (χ4v) is 2.56. The molecule has 0 spiro atoms. The number of aliphatic hydroxyl groups is 2. The molecule has 0 radical (unpaired) electrons. The SMILES string of the molecule is CC1(c2ccc(C(=O)O)cc2)CCC(C(C)(O)CO)O1. The Morgan fingerprint density at radius 3 is 2.55 bits per heavy atom. The molecule has 0 saturated carbocycles. The molecule has 3 unspecified atom stereocenters. The molecule has 1 saturated heterocycles. The van der Waals surface area contributed by atoms with E-state index in [0.29, 0.717) is 12.8 Å². The summed E-state index contributed by atoms with van der Waals surface area (Å²) in [5, 5.41) is 28.2. The molecule has 2 rings (SSSR count). The van der Waals surface area contributed by atoms with Crippen molar-refractivity contribution in [1.82, 2.24) is 0 Å². The van der Waals surface area contributed by atoms with Crippen LogP contribution in [0, 0.1) is 0 Å². The zero-order valence-corrected chi connectivity index (χ0v) is 11.7. The number of carbonyl (C=O) groups is 1. The molecule has 1 heterocycles. The van der Waals surface area contributed by atoms with Crippen LogP contribution in [-0.2, 0) is 10.3 Å². The van der Waals surface area contributed by atoms with Gasteiger partial charge in [-0.05, 0) is 44.4 Å². The maximum atomic E-state index is 10.8. The Labute approximate surface area is 117 Å².